The average molecular weight is 262 g/mol. The fraction of sp³-hybridized carbons (Fsp3) is 0.625. The third kappa shape index (κ3) is 3.28. The van der Waals surface area contributed by atoms with Crippen molar-refractivity contribution in [1.29, 1.82) is 0 Å². The molecule has 0 bridgehead atoms. The fourth-order valence-electron chi connectivity index (χ4n) is 3.11. The number of ether oxygens (including phenoxy) is 1. The highest BCUT2D eigenvalue weighted by molar-refractivity contribution is 5.37. The van der Waals surface area contributed by atoms with E-state index in [1.165, 1.54) is 24.9 Å². The Hall–Kier alpha value is -1.06. The third-order valence-corrected chi connectivity index (χ3v) is 4.06. The molecule has 3 heteroatoms. The van der Waals surface area contributed by atoms with E-state index in [1.54, 1.807) is 7.11 Å². The number of para-hydroxylation sites is 1. The summed E-state index contributed by atoms with van der Waals surface area (Å²) in [5.74, 6) is 1.69. The number of likely N-dealkylation sites (tertiary alicyclic amines) is 1. The number of benzene rings is 1. The van der Waals surface area contributed by atoms with Gasteiger partial charge in [0.25, 0.3) is 0 Å². The minimum Gasteiger partial charge on any atom is -0.496 e. The van der Waals surface area contributed by atoms with Gasteiger partial charge in [0, 0.05) is 11.6 Å². The molecule has 1 fully saturated rings. The number of nitrogens with zero attached hydrogens (tertiary/aromatic N) is 1. The van der Waals surface area contributed by atoms with Crippen molar-refractivity contribution in [3.8, 4) is 5.75 Å². The minimum absolute atomic E-state index is 0.473. The molecule has 0 aromatic heterocycles. The second kappa shape index (κ2) is 6.92. The van der Waals surface area contributed by atoms with Crippen LogP contribution in [0.4, 0.5) is 0 Å². The molecule has 1 aromatic carbocycles. The van der Waals surface area contributed by atoms with Crippen LogP contribution in [0, 0.1) is 5.92 Å². The molecule has 19 heavy (non-hydrogen) atoms. The van der Waals surface area contributed by atoms with Crippen molar-refractivity contribution in [3.63, 3.8) is 0 Å². The van der Waals surface area contributed by atoms with E-state index < -0.39 is 0 Å². The zero-order valence-electron chi connectivity index (χ0n) is 12.4. The Labute approximate surface area is 116 Å². The first kappa shape index (κ1) is 14.4. The Morgan fingerprint density at radius 2 is 2.16 bits per heavy atom. The van der Waals surface area contributed by atoms with E-state index in [4.69, 9.17) is 4.74 Å². The summed E-state index contributed by atoms with van der Waals surface area (Å²) in [7, 11) is 3.98. The highest BCUT2D eigenvalue weighted by atomic mass is 16.5. The maximum atomic E-state index is 5.53. The molecule has 1 aromatic rings. The van der Waals surface area contributed by atoms with Gasteiger partial charge >= 0.3 is 0 Å². The van der Waals surface area contributed by atoms with Crippen molar-refractivity contribution in [2.75, 3.05) is 33.8 Å². The van der Waals surface area contributed by atoms with Crippen molar-refractivity contribution in [1.82, 2.24) is 10.2 Å². The zero-order chi connectivity index (χ0) is 13.7. The first-order chi connectivity index (χ1) is 9.27. The lowest BCUT2D eigenvalue weighted by atomic mass is 9.93. The van der Waals surface area contributed by atoms with Crippen molar-refractivity contribution in [2.24, 2.45) is 5.92 Å². The number of methoxy groups -OCH3 is 1. The summed E-state index contributed by atoms with van der Waals surface area (Å²) in [6.45, 7) is 5.59. The molecule has 1 heterocycles. The molecular weight excluding hydrogens is 236 g/mol. The molecule has 0 amide bonds. The van der Waals surface area contributed by atoms with E-state index in [2.05, 4.69) is 42.4 Å². The van der Waals surface area contributed by atoms with Crippen LogP contribution < -0.4 is 10.1 Å². The van der Waals surface area contributed by atoms with Crippen LogP contribution in [-0.2, 0) is 0 Å². The topological polar surface area (TPSA) is 24.5 Å². The molecule has 3 nitrogen and oxygen atoms in total. The highest BCUT2D eigenvalue weighted by Gasteiger charge is 2.34. The van der Waals surface area contributed by atoms with Gasteiger partial charge in [-0.2, -0.15) is 0 Å². The Bertz CT molecular complexity index is 394. The van der Waals surface area contributed by atoms with Gasteiger partial charge in [-0.15, -0.1) is 0 Å². The van der Waals surface area contributed by atoms with Crippen LogP contribution in [0.25, 0.3) is 0 Å². The molecule has 1 aliphatic rings. The van der Waals surface area contributed by atoms with E-state index in [0.717, 1.165) is 18.8 Å². The van der Waals surface area contributed by atoms with Crippen molar-refractivity contribution in [2.45, 2.75) is 25.8 Å². The quantitative estimate of drug-likeness (QED) is 0.798. The van der Waals surface area contributed by atoms with Gasteiger partial charge < -0.3 is 10.1 Å². The fourth-order valence-corrected chi connectivity index (χ4v) is 3.11. The predicted octanol–water partition coefficient (Wildman–Crippen LogP) is 2.69. The number of hydrogen-bond acceptors (Lipinski definition) is 3. The molecule has 0 radical (unpaired) electrons. The summed E-state index contributed by atoms with van der Waals surface area (Å²) in [5.41, 5.74) is 1.33. The summed E-state index contributed by atoms with van der Waals surface area (Å²) in [6, 6.07) is 8.90. The van der Waals surface area contributed by atoms with E-state index in [0.29, 0.717) is 12.0 Å². The minimum atomic E-state index is 0.473. The van der Waals surface area contributed by atoms with Crippen LogP contribution in [0.3, 0.4) is 0 Å². The number of rotatable bonds is 6. The molecule has 2 unspecified atom stereocenters. The Kier molecular flexibility index (Phi) is 5.23. The number of hydrogen-bond donors (Lipinski definition) is 1. The van der Waals surface area contributed by atoms with Crippen LogP contribution in [0.2, 0.25) is 0 Å². The van der Waals surface area contributed by atoms with Crippen LogP contribution in [-0.4, -0.2) is 38.7 Å². The van der Waals surface area contributed by atoms with Gasteiger partial charge in [0.1, 0.15) is 5.75 Å². The molecule has 0 spiro atoms. The molecule has 0 saturated carbocycles. The second-order valence-corrected chi connectivity index (χ2v) is 5.42. The van der Waals surface area contributed by atoms with Gasteiger partial charge in [0.15, 0.2) is 0 Å². The average Bonchev–Trinajstić information content (AvgIpc) is 2.80. The summed E-state index contributed by atoms with van der Waals surface area (Å²) in [6.07, 6.45) is 2.46. The van der Waals surface area contributed by atoms with Crippen molar-refractivity contribution < 1.29 is 4.74 Å². The monoisotopic (exact) mass is 262 g/mol. The molecule has 2 rings (SSSR count). The zero-order valence-corrected chi connectivity index (χ0v) is 12.4. The molecule has 1 aliphatic heterocycles. The highest BCUT2D eigenvalue weighted by Crippen LogP contribution is 2.39. The van der Waals surface area contributed by atoms with Crippen LogP contribution >= 0.6 is 0 Å². The Morgan fingerprint density at radius 1 is 1.37 bits per heavy atom. The summed E-state index contributed by atoms with van der Waals surface area (Å²) in [4.78, 5) is 2.45. The molecule has 1 N–H and O–H groups in total. The lowest BCUT2D eigenvalue weighted by molar-refractivity contribution is 0.263. The maximum absolute atomic E-state index is 5.53. The van der Waals surface area contributed by atoms with Gasteiger partial charge in [0.05, 0.1) is 7.11 Å². The summed E-state index contributed by atoms with van der Waals surface area (Å²) < 4.78 is 5.53. The smallest absolute Gasteiger partial charge is 0.123 e. The van der Waals surface area contributed by atoms with Gasteiger partial charge in [0.2, 0.25) is 0 Å². The van der Waals surface area contributed by atoms with E-state index >= 15 is 0 Å². The molecule has 1 saturated heterocycles. The predicted molar refractivity (Wildman–Crippen MR) is 79.6 cm³/mol. The van der Waals surface area contributed by atoms with E-state index in [-0.39, 0.29) is 0 Å². The Morgan fingerprint density at radius 3 is 2.89 bits per heavy atom. The number of nitrogens with one attached hydrogen (secondary N) is 1. The lowest BCUT2D eigenvalue weighted by Gasteiger charge is -2.27. The Balaban J connectivity index is 2.14. The third-order valence-electron chi connectivity index (χ3n) is 4.06. The van der Waals surface area contributed by atoms with Crippen molar-refractivity contribution >= 4 is 0 Å². The molecule has 2 atom stereocenters. The second-order valence-electron chi connectivity index (χ2n) is 5.42. The maximum Gasteiger partial charge on any atom is 0.123 e. The largest absolute Gasteiger partial charge is 0.496 e. The van der Waals surface area contributed by atoms with Crippen molar-refractivity contribution in [3.05, 3.63) is 29.8 Å². The summed E-state index contributed by atoms with van der Waals surface area (Å²) in [5, 5.41) is 3.57. The lowest BCUT2D eigenvalue weighted by Crippen LogP contribution is -2.29. The van der Waals surface area contributed by atoms with E-state index in [9.17, 15) is 0 Å². The van der Waals surface area contributed by atoms with Crippen LogP contribution in [0.5, 0.6) is 5.75 Å². The SMILES string of the molecule is CCCNCC1CCN(C)C1c1ccccc1OC. The standard InChI is InChI=1S/C16H26N2O/c1-4-10-17-12-13-9-11-18(2)16(13)14-7-5-6-8-15(14)19-3/h5-8,13,16-17H,4,9-12H2,1-3H3. The summed E-state index contributed by atoms with van der Waals surface area (Å²) >= 11 is 0. The van der Waals surface area contributed by atoms with Crippen LogP contribution in [0.1, 0.15) is 31.4 Å². The molecular formula is C16H26N2O. The molecule has 0 aliphatic carbocycles. The van der Waals surface area contributed by atoms with Gasteiger partial charge in [-0.05, 0) is 51.5 Å². The normalized spacial score (nSPS) is 23.7. The molecule has 106 valence electrons. The van der Waals surface area contributed by atoms with Crippen LogP contribution in [0.15, 0.2) is 24.3 Å². The van der Waals surface area contributed by atoms with Gasteiger partial charge in [-0.3, -0.25) is 4.90 Å². The van der Waals surface area contributed by atoms with Gasteiger partial charge in [-0.1, -0.05) is 25.1 Å². The first-order valence-corrected chi connectivity index (χ1v) is 7.31. The van der Waals surface area contributed by atoms with Gasteiger partial charge in [-0.25, -0.2) is 0 Å². The van der Waals surface area contributed by atoms with E-state index in [1.807, 2.05) is 6.07 Å². The first-order valence-electron chi connectivity index (χ1n) is 7.31.